The Labute approximate surface area is 127 Å². The molecule has 0 bridgehead atoms. The van der Waals surface area contributed by atoms with E-state index in [-0.39, 0.29) is 23.6 Å². The van der Waals surface area contributed by atoms with Gasteiger partial charge in [-0.1, -0.05) is 0 Å². The van der Waals surface area contributed by atoms with Gasteiger partial charge in [-0.2, -0.15) is 0 Å². The molecule has 1 amide bonds. The fourth-order valence-corrected chi connectivity index (χ4v) is 2.94. The van der Waals surface area contributed by atoms with Gasteiger partial charge in [-0.25, -0.2) is 0 Å². The maximum Gasteiger partial charge on any atom is 0.366 e. The van der Waals surface area contributed by atoms with Crippen molar-refractivity contribution in [3.05, 3.63) is 22.2 Å². The topological polar surface area (TPSA) is 88.8 Å². The fraction of sp³-hybridized carbons (Fsp3) is 0.571. The van der Waals surface area contributed by atoms with Gasteiger partial charge in [0, 0.05) is 12.1 Å². The summed E-state index contributed by atoms with van der Waals surface area (Å²) in [6.45, 7) is 3.45. The number of fused-ring (bicyclic) bond motifs is 1. The minimum Gasteiger partial charge on any atom is -0.475 e. The van der Waals surface area contributed by atoms with Crippen LogP contribution in [0, 0.1) is 10.1 Å². The molecule has 1 unspecified atom stereocenters. The average molecular weight is 306 g/mol. The molecule has 0 N–H and O–H groups in total. The number of rotatable bonds is 2. The zero-order valence-corrected chi connectivity index (χ0v) is 12.6. The first kappa shape index (κ1) is 14.7. The molecule has 0 spiro atoms. The summed E-state index contributed by atoms with van der Waals surface area (Å²) >= 11 is 0. The van der Waals surface area contributed by atoms with E-state index in [1.165, 1.54) is 12.1 Å². The minimum absolute atomic E-state index is 0.00306. The molecule has 0 radical (unpaired) electrons. The molecule has 3 rings (SSSR count). The number of aromatic nitrogens is 1. The van der Waals surface area contributed by atoms with E-state index in [9.17, 15) is 14.9 Å². The highest BCUT2D eigenvalue weighted by Crippen LogP contribution is 2.36. The standard InChI is InChI=1S/C14H18N4O4/c1-9-14(19)17(10-5-7-16(2)8-6-10)13-11(22-9)3-4-12(15-13)18(20)21/h3-4,9-10H,5-8H2,1-2H3. The van der Waals surface area contributed by atoms with Crippen LogP contribution in [0.5, 0.6) is 5.75 Å². The van der Waals surface area contributed by atoms with E-state index in [2.05, 4.69) is 9.88 Å². The molecule has 118 valence electrons. The zero-order chi connectivity index (χ0) is 15.9. The summed E-state index contributed by atoms with van der Waals surface area (Å²) < 4.78 is 5.53. The first-order chi connectivity index (χ1) is 10.5. The van der Waals surface area contributed by atoms with E-state index in [0.29, 0.717) is 5.75 Å². The van der Waals surface area contributed by atoms with Gasteiger partial charge in [0.1, 0.15) is 0 Å². The van der Waals surface area contributed by atoms with E-state index < -0.39 is 11.0 Å². The molecule has 8 heteroatoms. The molecule has 1 atom stereocenters. The van der Waals surface area contributed by atoms with E-state index in [1.54, 1.807) is 11.8 Å². The molecular formula is C14H18N4O4. The summed E-state index contributed by atoms with van der Waals surface area (Å²) in [6, 6.07) is 2.82. The molecule has 22 heavy (non-hydrogen) atoms. The van der Waals surface area contributed by atoms with Crippen LogP contribution >= 0.6 is 0 Å². The van der Waals surface area contributed by atoms with Gasteiger partial charge in [-0.15, -0.1) is 0 Å². The molecular weight excluding hydrogens is 288 g/mol. The summed E-state index contributed by atoms with van der Waals surface area (Å²) in [4.78, 5) is 30.8. The quantitative estimate of drug-likeness (QED) is 0.602. The van der Waals surface area contributed by atoms with Crippen LogP contribution in [0.2, 0.25) is 0 Å². The Morgan fingerprint density at radius 1 is 1.36 bits per heavy atom. The van der Waals surface area contributed by atoms with Crippen LogP contribution in [0.25, 0.3) is 0 Å². The van der Waals surface area contributed by atoms with Gasteiger partial charge < -0.3 is 19.8 Å². The maximum atomic E-state index is 12.5. The number of hydrogen-bond acceptors (Lipinski definition) is 6. The third kappa shape index (κ3) is 2.50. The lowest BCUT2D eigenvalue weighted by molar-refractivity contribution is -0.389. The zero-order valence-electron chi connectivity index (χ0n) is 12.6. The van der Waals surface area contributed by atoms with E-state index in [4.69, 9.17) is 4.74 Å². The highest BCUT2D eigenvalue weighted by Gasteiger charge is 2.41. The second-order valence-electron chi connectivity index (χ2n) is 5.75. The third-order valence-corrected chi connectivity index (χ3v) is 4.18. The number of nitro groups is 1. The van der Waals surface area contributed by atoms with Crippen molar-refractivity contribution in [3.63, 3.8) is 0 Å². The molecule has 2 aliphatic rings. The number of piperidine rings is 1. The van der Waals surface area contributed by atoms with Crippen LogP contribution in [-0.2, 0) is 4.79 Å². The van der Waals surface area contributed by atoms with Crippen molar-refractivity contribution in [3.8, 4) is 5.75 Å². The van der Waals surface area contributed by atoms with Gasteiger partial charge in [0.05, 0.1) is 0 Å². The number of anilines is 1. The van der Waals surface area contributed by atoms with E-state index >= 15 is 0 Å². The Morgan fingerprint density at radius 2 is 2.05 bits per heavy atom. The van der Waals surface area contributed by atoms with Gasteiger partial charge in [-0.3, -0.25) is 9.69 Å². The Morgan fingerprint density at radius 3 is 2.68 bits per heavy atom. The Kier molecular flexibility index (Phi) is 3.69. The molecule has 0 aromatic carbocycles. The van der Waals surface area contributed by atoms with Crippen LogP contribution in [0.4, 0.5) is 11.6 Å². The maximum absolute atomic E-state index is 12.5. The molecule has 1 aromatic rings. The summed E-state index contributed by atoms with van der Waals surface area (Å²) in [5.41, 5.74) is 0. The summed E-state index contributed by atoms with van der Waals surface area (Å²) in [7, 11) is 2.04. The van der Waals surface area contributed by atoms with Crippen LogP contribution in [-0.4, -0.2) is 53.0 Å². The fourth-order valence-electron chi connectivity index (χ4n) is 2.94. The predicted octanol–water partition coefficient (Wildman–Crippen LogP) is 1.20. The molecule has 0 aliphatic carbocycles. The largest absolute Gasteiger partial charge is 0.475 e. The first-order valence-corrected chi connectivity index (χ1v) is 7.31. The van der Waals surface area contributed by atoms with Gasteiger partial charge in [0.25, 0.3) is 11.7 Å². The number of carbonyl (C=O) groups is 1. The molecule has 2 aliphatic heterocycles. The van der Waals surface area contributed by atoms with Crippen molar-refractivity contribution < 1.29 is 14.5 Å². The monoisotopic (exact) mass is 306 g/mol. The van der Waals surface area contributed by atoms with Crippen LogP contribution in [0.1, 0.15) is 19.8 Å². The summed E-state index contributed by atoms with van der Waals surface area (Å²) in [5, 5.41) is 11.0. The predicted molar refractivity (Wildman–Crippen MR) is 79.0 cm³/mol. The number of pyridine rings is 1. The Hall–Kier alpha value is -2.22. The molecule has 8 nitrogen and oxygen atoms in total. The van der Waals surface area contributed by atoms with Gasteiger partial charge in [0.2, 0.25) is 0 Å². The lowest BCUT2D eigenvalue weighted by Gasteiger charge is -2.38. The third-order valence-electron chi connectivity index (χ3n) is 4.18. The Balaban J connectivity index is 1.99. The smallest absolute Gasteiger partial charge is 0.366 e. The number of nitrogens with zero attached hydrogens (tertiary/aromatic N) is 4. The normalized spacial score (nSPS) is 23.1. The van der Waals surface area contributed by atoms with Gasteiger partial charge in [-0.05, 0) is 55.9 Å². The lowest BCUT2D eigenvalue weighted by atomic mass is 10.0. The van der Waals surface area contributed by atoms with Crippen molar-refractivity contribution in [2.45, 2.75) is 31.9 Å². The Bertz CT molecular complexity index is 613. The van der Waals surface area contributed by atoms with Crippen LogP contribution < -0.4 is 9.64 Å². The van der Waals surface area contributed by atoms with E-state index in [0.717, 1.165) is 25.9 Å². The molecule has 1 saturated heterocycles. The second kappa shape index (κ2) is 5.53. The summed E-state index contributed by atoms with van der Waals surface area (Å²) in [5.74, 6) is 0.237. The number of ether oxygens (including phenoxy) is 1. The van der Waals surface area contributed by atoms with Crippen LogP contribution in [0.15, 0.2) is 12.1 Å². The average Bonchev–Trinajstić information content (AvgIpc) is 2.49. The molecule has 0 saturated carbocycles. The highest BCUT2D eigenvalue weighted by atomic mass is 16.6. The number of amides is 1. The second-order valence-corrected chi connectivity index (χ2v) is 5.75. The first-order valence-electron chi connectivity index (χ1n) is 7.31. The van der Waals surface area contributed by atoms with Crippen molar-refractivity contribution in [1.29, 1.82) is 0 Å². The minimum atomic E-state index is -0.601. The van der Waals surface area contributed by atoms with Crippen molar-refractivity contribution >= 4 is 17.5 Å². The molecule has 3 heterocycles. The van der Waals surface area contributed by atoms with E-state index in [1.807, 2.05) is 7.05 Å². The van der Waals surface area contributed by atoms with Crippen molar-refractivity contribution in [2.24, 2.45) is 0 Å². The lowest BCUT2D eigenvalue weighted by Crippen LogP contribution is -2.53. The number of carbonyl (C=O) groups excluding carboxylic acids is 1. The number of hydrogen-bond donors (Lipinski definition) is 0. The molecule has 1 aromatic heterocycles. The van der Waals surface area contributed by atoms with Crippen LogP contribution in [0.3, 0.4) is 0 Å². The summed E-state index contributed by atoms with van der Waals surface area (Å²) in [6.07, 6.45) is 1.03. The molecule has 1 fully saturated rings. The number of likely N-dealkylation sites (tertiary alicyclic amines) is 1. The van der Waals surface area contributed by atoms with Crippen molar-refractivity contribution in [2.75, 3.05) is 25.0 Å². The highest BCUT2D eigenvalue weighted by molar-refractivity contribution is 5.99. The SMILES string of the molecule is CC1Oc2ccc([N+](=O)[O-])nc2N(C2CCN(C)CC2)C1=O. The van der Waals surface area contributed by atoms with Crippen molar-refractivity contribution in [1.82, 2.24) is 9.88 Å². The van der Waals surface area contributed by atoms with Gasteiger partial charge in [0.15, 0.2) is 11.9 Å². The van der Waals surface area contributed by atoms with Gasteiger partial charge >= 0.3 is 5.82 Å².